The van der Waals surface area contributed by atoms with Gasteiger partial charge in [-0.25, -0.2) is 0 Å². The number of rotatable bonds is 2. The Morgan fingerprint density at radius 2 is 1.00 bits per heavy atom. The second-order valence-corrected chi connectivity index (χ2v) is 5.09. The zero-order valence-electron chi connectivity index (χ0n) is 8.34. The Kier molecular flexibility index (Phi) is 2.26. The minimum Gasteiger partial charge on any atom is -0.143 e. The minimum atomic E-state index is 0.675. The third kappa shape index (κ3) is 1.80. The van der Waals surface area contributed by atoms with Gasteiger partial charge in [-0.15, -0.1) is 11.8 Å². The normalized spacial score (nSPS) is 23.7. The van der Waals surface area contributed by atoms with Crippen molar-refractivity contribution >= 4 is 11.8 Å². The van der Waals surface area contributed by atoms with Crippen molar-refractivity contribution in [1.29, 1.82) is 0 Å². The van der Waals surface area contributed by atoms with E-state index in [0.717, 1.165) is 0 Å². The molecule has 0 amide bonds. The van der Waals surface area contributed by atoms with Crippen molar-refractivity contribution in [1.82, 2.24) is 0 Å². The predicted octanol–water partition coefficient (Wildman–Crippen LogP) is 4.22. The second kappa shape index (κ2) is 3.74. The maximum absolute atomic E-state index is 2.22. The van der Waals surface area contributed by atoms with Crippen molar-refractivity contribution in [2.75, 3.05) is 0 Å². The summed E-state index contributed by atoms with van der Waals surface area (Å²) < 4.78 is 0. The average molecular weight is 212 g/mol. The first kappa shape index (κ1) is 9.05. The summed E-state index contributed by atoms with van der Waals surface area (Å²) in [5, 5.41) is 1.35. The lowest BCUT2D eigenvalue weighted by molar-refractivity contribution is 1.03. The van der Waals surface area contributed by atoms with Crippen LogP contribution in [0.1, 0.15) is 21.6 Å². The molecular weight excluding hydrogens is 200 g/mol. The van der Waals surface area contributed by atoms with Crippen LogP contribution in [0, 0.1) is 0 Å². The van der Waals surface area contributed by atoms with Gasteiger partial charge in [0.25, 0.3) is 0 Å². The highest BCUT2D eigenvalue weighted by atomic mass is 32.2. The van der Waals surface area contributed by atoms with E-state index in [2.05, 4.69) is 60.7 Å². The quantitative estimate of drug-likeness (QED) is 0.672. The predicted molar refractivity (Wildman–Crippen MR) is 66.0 cm³/mol. The van der Waals surface area contributed by atoms with Gasteiger partial charge in [0.2, 0.25) is 0 Å². The van der Waals surface area contributed by atoms with Gasteiger partial charge >= 0.3 is 0 Å². The molecule has 15 heavy (non-hydrogen) atoms. The molecule has 1 aliphatic rings. The highest BCUT2D eigenvalue weighted by Crippen LogP contribution is 2.65. The second-order valence-electron chi connectivity index (χ2n) is 3.80. The van der Waals surface area contributed by atoms with Crippen LogP contribution in [0.4, 0.5) is 0 Å². The van der Waals surface area contributed by atoms with Gasteiger partial charge in [-0.05, 0) is 11.1 Å². The summed E-state index contributed by atoms with van der Waals surface area (Å²) in [4.78, 5) is 0. The lowest BCUT2D eigenvalue weighted by Crippen LogP contribution is -1.82. The lowest BCUT2D eigenvalue weighted by Gasteiger charge is -1.98. The van der Waals surface area contributed by atoms with Crippen molar-refractivity contribution in [2.24, 2.45) is 0 Å². The van der Waals surface area contributed by atoms with E-state index >= 15 is 0 Å². The van der Waals surface area contributed by atoms with Crippen molar-refractivity contribution in [3.05, 3.63) is 71.8 Å². The fourth-order valence-electron chi connectivity index (χ4n) is 1.90. The van der Waals surface area contributed by atoms with Gasteiger partial charge in [-0.2, -0.15) is 0 Å². The molecule has 3 rings (SSSR count). The van der Waals surface area contributed by atoms with Crippen LogP contribution in [0.3, 0.4) is 0 Å². The first-order valence-electron chi connectivity index (χ1n) is 5.20. The van der Waals surface area contributed by atoms with Crippen molar-refractivity contribution in [3.63, 3.8) is 0 Å². The zero-order valence-corrected chi connectivity index (χ0v) is 9.15. The summed E-state index contributed by atoms with van der Waals surface area (Å²) in [6, 6.07) is 21.5. The molecule has 0 nitrogen and oxygen atoms in total. The SMILES string of the molecule is c1ccc(C2SC2c2ccccc2)cc1. The maximum Gasteiger partial charge on any atom is 0.0463 e. The monoisotopic (exact) mass is 212 g/mol. The van der Waals surface area contributed by atoms with E-state index in [1.807, 2.05) is 11.8 Å². The Hall–Kier alpha value is -1.21. The Morgan fingerprint density at radius 1 is 0.600 bits per heavy atom. The van der Waals surface area contributed by atoms with Crippen LogP contribution >= 0.6 is 11.8 Å². The van der Waals surface area contributed by atoms with Crippen LogP contribution in [0.5, 0.6) is 0 Å². The van der Waals surface area contributed by atoms with E-state index in [4.69, 9.17) is 0 Å². The molecule has 0 aromatic heterocycles. The molecule has 1 heterocycles. The lowest BCUT2D eigenvalue weighted by atomic mass is 10.0. The van der Waals surface area contributed by atoms with Gasteiger partial charge in [0.15, 0.2) is 0 Å². The van der Waals surface area contributed by atoms with Crippen LogP contribution in [0.15, 0.2) is 60.7 Å². The van der Waals surface area contributed by atoms with Gasteiger partial charge in [0, 0.05) is 10.5 Å². The first-order chi connectivity index (χ1) is 7.45. The van der Waals surface area contributed by atoms with Crippen LogP contribution in [0.2, 0.25) is 0 Å². The van der Waals surface area contributed by atoms with Gasteiger partial charge in [0.05, 0.1) is 0 Å². The fraction of sp³-hybridized carbons (Fsp3) is 0.143. The highest BCUT2D eigenvalue weighted by molar-refractivity contribution is 8.06. The van der Waals surface area contributed by atoms with Gasteiger partial charge in [0.1, 0.15) is 0 Å². The molecule has 1 heteroatoms. The van der Waals surface area contributed by atoms with Crippen LogP contribution in [-0.2, 0) is 0 Å². The molecule has 2 unspecified atom stereocenters. The molecule has 0 N–H and O–H groups in total. The van der Waals surface area contributed by atoms with Crippen molar-refractivity contribution in [2.45, 2.75) is 10.5 Å². The number of hydrogen-bond acceptors (Lipinski definition) is 1. The van der Waals surface area contributed by atoms with E-state index in [0.29, 0.717) is 10.5 Å². The molecule has 1 aliphatic heterocycles. The number of hydrogen-bond donors (Lipinski definition) is 0. The molecule has 74 valence electrons. The highest BCUT2D eigenvalue weighted by Gasteiger charge is 2.40. The number of benzene rings is 2. The van der Waals surface area contributed by atoms with Crippen molar-refractivity contribution in [3.8, 4) is 0 Å². The van der Waals surface area contributed by atoms with E-state index in [1.54, 1.807) is 0 Å². The van der Waals surface area contributed by atoms with Crippen molar-refractivity contribution < 1.29 is 0 Å². The summed E-state index contributed by atoms with van der Waals surface area (Å²) in [7, 11) is 0. The molecule has 0 spiro atoms. The summed E-state index contributed by atoms with van der Waals surface area (Å²) >= 11 is 2.04. The van der Waals surface area contributed by atoms with E-state index in [-0.39, 0.29) is 0 Å². The Balaban J connectivity index is 1.81. The Morgan fingerprint density at radius 3 is 1.40 bits per heavy atom. The standard InChI is InChI=1S/C14H12S/c1-3-7-11(8-4-1)13-14(15-13)12-9-5-2-6-10-12/h1-10,13-14H. The van der Waals surface area contributed by atoms with E-state index in [9.17, 15) is 0 Å². The smallest absolute Gasteiger partial charge is 0.0463 e. The molecule has 1 saturated heterocycles. The molecule has 0 saturated carbocycles. The van der Waals surface area contributed by atoms with Gasteiger partial charge in [-0.1, -0.05) is 60.7 Å². The number of thioether (sulfide) groups is 1. The van der Waals surface area contributed by atoms with Crippen LogP contribution < -0.4 is 0 Å². The van der Waals surface area contributed by atoms with E-state index < -0.39 is 0 Å². The van der Waals surface area contributed by atoms with Gasteiger partial charge < -0.3 is 0 Å². The fourth-order valence-corrected chi connectivity index (χ4v) is 3.07. The molecule has 2 aromatic carbocycles. The Labute approximate surface area is 94.3 Å². The molecule has 1 fully saturated rings. The first-order valence-corrected chi connectivity index (χ1v) is 6.15. The molecule has 0 aliphatic carbocycles. The third-order valence-corrected chi connectivity index (χ3v) is 4.11. The molecular formula is C14H12S. The Bertz CT molecular complexity index is 392. The van der Waals surface area contributed by atoms with E-state index in [1.165, 1.54) is 11.1 Å². The summed E-state index contributed by atoms with van der Waals surface area (Å²) in [6.07, 6.45) is 0. The largest absolute Gasteiger partial charge is 0.143 e. The van der Waals surface area contributed by atoms with Crippen LogP contribution in [-0.4, -0.2) is 0 Å². The van der Waals surface area contributed by atoms with Gasteiger partial charge in [-0.3, -0.25) is 0 Å². The summed E-state index contributed by atoms with van der Waals surface area (Å²) in [6.45, 7) is 0. The van der Waals surface area contributed by atoms with Crippen LogP contribution in [0.25, 0.3) is 0 Å². The minimum absolute atomic E-state index is 0.675. The molecule has 0 radical (unpaired) electrons. The topological polar surface area (TPSA) is 0 Å². The molecule has 0 bridgehead atoms. The average Bonchev–Trinajstić information content (AvgIpc) is 3.11. The molecule has 2 atom stereocenters. The summed E-state index contributed by atoms with van der Waals surface area (Å²) in [5.74, 6) is 0. The molecule has 2 aromatic rings. The third-order valence-electron chi connectivity index (χ3n) is 2.75. The summed E-state index contributed by atoms with van der Waals surface area (Å²) in [5.41, 5.74) is 2.91. The maximum atomic E-state index is 2.22. The zero-order chi connectivity index (χ0) is 10.1.